The predicted molar refractivity (Wildman–Crippen MR) is 83.4 cm³/mol. The molecule has 0 amide bonds. The Balaban J connectivity index is 2.02. The van der Waals surface area contributed by atoms with Crippen LogP contribution in [0.4, 0.5) is 0 Å². The van der Waals surface area contributed by atoms with Crippen LogP contribution < -0.4 is 0 Å². The molecule has 0 aromatic rings. The highest BCUT2D eigenvalue weighted by atomic mass is 16.5. The van der Waals surface area contributed by atoms with E-state index in [4.69, 9.17) is 9.47 Å². The summed E-state index contributed by atoms with van der Waals surface area (Å²) in [5, 5.41) is 0. The zero-order valence-electron chi connectivity index (χ0n) is 13.9. The molecule has 0 N–H and O–H groups in total. The van der Waals surface area contributed by atoms with Gasteiger partial charge in [0.05, 0.1) is 26.1 Å². The Labute approximate surface area is 133 Å². The molecule has 2 fully saturated rings. The van der Waals surface area contributed by atoms with Gasteiger partial charge >= 0.3 is 11.9 Å². The highest BCUT2D eigenvalue weighted by Gasteiger charge is 2.39. The second-order valence-electron chi connectivity index (χ2n) is 6.29. The van der Waals surface area contributed by atoms with Gasteiger partial charge in [0.1, 0.15) is 0 Å². The highest BCUT2D eigenvalue weighted by molar-refractivity contribution is 5.71. The summed E-state index contributed by atoms with van der Waals surface area (Å²) >= 11 is 0. The summed E-state index contributed by atoms with van der Waals surface area (Å²) in [5.74, 6) is -0.234. The fraction of sp³-hybridized carbons (Fsp3) is 0.882. The van der Waals surface area contributed by atoms with Crippen LogP contribution in [0.15, 0.2) is 0 Å². The SMILES string of the molecule is CCOC(=O)C[C@H]1CCCC2CCC[C@H](CC(=O)OCC)N21. The number of piperidine rings is 2. The molecule has 2 saturated heterocycles. The van der Waals surface area contributed by atoms with Crippen LogP contribution in [0, 0.1) is 0 Å². The molecule has 0 unspecified atom stereocenters. The maximum Gasteiger partial charge on any atom is 0.307 e. The van der Waals surface area contributed by atoms with Crippen LogP contribution in [-0.4, -0.2) is 48.2 Å². The number of carbonyl (C=O) groups is 2. The summed E-state index contributed by atoms with van der Waals surface area (Å²) in [6, 6.07) is 0.955. The lowest BCUT2D eigenvalue weighted by molar-refractivity contribution is -0.148. The number of esters is 2. The Morgan fingerprint density at radius 3 is 1.73 bits per heavy atom. The maximum absolute atomic E-state index is 11.9. The standard InChI is InChI=1S/C17H29NO4/c1-3-21-16(19)11-14-9-5-7-13-8-6-10-15(18(13)14)12-17(20)22-4-2/h13-15H,3-12H2,1-2H3/t14-,15-/m1/s1. The second-order valence-corrected chi connectivity index (χ2v) is 6.29. The van der Waals surface area contributed by atoms with Crippen molar-refractivity contribution in [3.05, 3.63) is 0 Å². The molecule has 126 valence electrons. The minimum atomic E-state index is -0.117. The van der Waals surface area contributed by atoms with Gasteiger partial charge < -0.3 is 9.47 Å². The third-order valence-electron chi connectivity index (χ3n) is 4.83. The average molecular weight is 311 g/mol. The van der Waals surface area contributed by atoms with Gasteiger partial charge in [0.15, 0.2) is 0 Å². The Hall–Kier alpha value is -1.10. The van der Waals surface area contributed by atoms with Crippen LogP contribution in [-0.2, 0) is 19.1 Å². The average Bonchev–Trinajstić information content (AvgIpc) is 2.48. The quantitative estimate of drug-likeness (QED) is 0.706. The van der Waals surface area contributed by atoms with Crippen molar-refractivity contribution in [2.75, 3.05) is 13.2 Å². The maximum atomic E-state index is 11.9. The van der Waals surface area contributed by atoms with Crippen molar-refractivity contribution in [1.82, 2.24) is 4.90 Å². The predicted octanol–water partition coefficient (Wildman–Crippen LogP) is 2.67. The molecular formula is C17H29NO4. The van der Waals surface area contributed by atoms with E-state index >= 15 is 0 Å². The van der Waals surface area contributed by atoms with E-state index in [0.717, 1.165) is 25.7 Å². The molecule has 0 saturated carbocycles. The van der Waals surface area contributed by atoms with E-state index in [1.165, 1.54) is 12.8 Å². The summed E-state index contributed by atoms with van der Waals surface area (Å²) in [4.78, 5) is 26.2. The first kappa shape index (κ1) is 17.3. The molecule has 22 heavy (non-hydrogen) atoms. The minimum absolute atomic E-state index is 0.117. The Morgan fingerprint density at radius 1 is 0.864 bits per heavy atom. The molecule has 2 aliphatic heterocycles. The van der Waals surface area contributed by atoms with E-state index < -0.39 is 0 Å². The van der Waals surface area contributed by atoms with E-state index in [1.54, 1.807) is 0 Å². The number of rotatable bonds is 6. The first-order valence-electron chi connectivity index (χ1n) is 8.74. The summed E-state index contributed by atoms with van der Waals surface area (Å²) in [6.07, 6.45) is 7.63. The smallest absolute Gasteiger partial charge is 0.307 e. The van der Waals surface area contributed by atoms with Crippen LogP contribution in [0.3, 0.4) is 0 Å². The molecule has 0 radical (unpaired) electrons. The third-order valence-corrected chi connectivity index (χ3v) is 4.83. The molecule has 2 aliphatic rings. The van der Waals surface area contributed by atoms with E-state index in [0.29, 0.717) is 32.1 Å². The van der Waals surface area contributed by atoms with Crippen molar-refractivity contribution in [2.45, 2.75) is 83.3 Å². The topological polar surface area (TPSA) is 55.8 Å². The van der Waals surface area contributed by atoms with Gasteiger partial charge in [-0.25, -0.2) is 0 Å². The van der Waals surface area contributed by atoms with Crippen molar-refractivity contribution in [3.8, 4) is 0 Å². The van der Waals surface area contributed by atoms with Crippen LogP contribution in [0.1, 0.15) is 65.2 Å². The minimum Gasteiger partial charge on any atom is -0.466 e. The van der Waals surface area contributed by atoms with Gasteiger partial charge in [-0.3, -0.25) is 14.5 Å². The molecule has 0 bridgehead atoms. The zero-order valence-corrected chi connectivity index (χ0v) is 13.9. The first-order chi connectivity index (χ1) is 10.7. The van der Waals surface area contributed by atoms with Gasteiger partial charge in [0.2, 0.25) is 0 Å². The fourth-order valence-electron chi connectivity index (χ4n) is 4.05. The van der Waals surface area contributed by atoms with Crippen LogP contribution in [0.2, 0.25) is 0 Å². The fourth-order valence-corrected chi connectivity index (χ4v) is 4.05. The molecule has 5 heteroatoms. The largest absolute Gasteiger partial charge is 0.466 e. The number of hydrogen-bond donors (Lipinski definition) is 0. The third kappa shape index (κ3) is 4.45. The number of nitrogens with zero attached hydrogens (tertiary/aromatic N) is 1. The summed E-state index contributed by atoms with van der Waals surface area (Å²) in [5.41, 5.74) is 0. The number of ether oxygens (including phenoxy) is 2. The zero-order chi connectivity index (χ0) is 15.9. The van der Waals surface area contributed by atoms with E-state index in [1.807, 2.05) is 13.8 Å². The molecule has 2 heterocycles. The Kier molecular flexibility index (Phi) is 6.68. The summed E-state index contributed by atoms with van der Waals surface area (Å²) in [6.45, 7) is 4.54. The van der Waals surface area contributed by atoms with Crippen molar-refractivity contribution in [2.24, 2.45) is 0 Å². The molecule has 0 aromatic heterocycles. The van der Waals surface area contributed by atoms with Gasteiger partial charge in [-0.15, -0.1) is 0 Å². The van der Waals surface area contributed by atoms with E-state index in [2.05, 4.69) is 4.90 Å². The monoisotopic (exact) mass is 311 g/mol. The molecular weight excluding hydrogens is 282 g/mol. The molecule has 2 rings (SSSR count). The van der Waals surface area contributed by atoms with Crippen molar-refractivity contribution in [1.29, 1.82) is 0 Å². The highest BCUT2D eigenvalue weighted by Crippen LogP contribution is 2.36. The van der Waals surface area contributed by atoms with Crippen molar-refractivity contribution >= 4 is 11.9 Å². The molecule has 0 aromatic carbocycles. The van der Waals surface area contributed by atoms with Gasteiger partial charge in [0.25, 0.3) is 0 Å². The van der Waals surface area contributed by atoms with E-state index in [-0.39, 0.29) is 24.0 Å². The molecule has 5 nitrogen and oxygen atoms in total. The van der Waals surface area contributed by atoms with Gasteiger partial charge in [-0.2, -0.15) is 0 Å². The lowest BCUT2D eigenvalue weighted by Gasteiger charge is -2.49. The van der Waals surface area contributed by atoms with Crippen molar-refractivity contribution < 1.29 is 19.1 Å². The van der Waals surface area contributed by atoms with Crippen molar-refractivity contribution in [3.63, 3.8) is 0 Å². The van der Waals surface area contributed by atoms with Gasteiger partial charge in [-0.1, -0.05) is 12.8 Å². The lowest BCUT2D eigenvalue weighted by Crippen LogP contribution is -2.55. The Bertz CT molecular complexity index is 351. The molecule has 2 atom stereocenters. The van der Waals surface area contributed by atoms with Crippen LogP contribution >= 0.6 is 0 Å². The summed E-state index contributed by atoms with van der Waals surface area (Å²) < 4.78 is 10.2. The first-order valence-corrected chi connectivity index (χ1v) is 8.74. The normalized spacial score (nSPS) is 26.3. The number of carbonyl (C=O) groups excluding carboxylic acids is 2. The van der Waals surface area contributed by atoms with E-state index in [9.17, 15) is 9.59 Å². The van der Waals surface area contributed by atoms with Crippen LogP contribution in [0.25, 0.3) is 0 Å². The van der Waals surface area contributed by atoms with Crippen LogP contribution in [0.5, 0.6) is 0 Å². The number of fused-ring (bicyclic) bond motifs is 1. The molecule has 0 spiro atoms. The van der Waals surface area contributed by atoms with Gasteiger partial charge in [-0.05, 0) is 39.5 Å². The molecule has 0 aliphatic carbocycles. The number of hydrogen-bond acceptors (Lipinski definition) is 5. The van der Waals surface area contributed by atoms with Gasteiger partial charge in [0, 0.05) is 18.1 Å². The summed E-state index contributed by atoms with van der Waals surface area (Å²) in [7, 11) is 0. The second kappa shape index (κ2) is 8.51. The Morgan fingerprint density at radius 2 is 1.32 bits per heavy atom. The lowest BCUT2D eigenvalue weighted by atomic mass is 9.83.